The molecule has 2 aliphatic rings. The van der Waals surface area contributed by atoms with E-state index in [0.717, 1.165) is 29.7 Å². The van der Waals surface area contributed by atoms with Crippen molar-refractivity contribution in [3.63, 3.8) is 0 Å². The van der Waals surface area contributed by atoms with Gasteiger partial charge in [0.1, 0.15) is 17.0 Å². The molecule has 7 nitrogen and oxygen atoms in total. The molecule has 0 bridgehead atoms. The lowest BCUT2D eigenvalue weighted by molar-refractivity contribution is -0.134. The van der Waals surface area contributed by atoms with Crippen LogP contribution in [0.4, 0.5) is 5.82 Å². The fourth-order valence-electron chi connectivity index (χ4n) is 4.16. The van der Waals surface area contributed by atoms with Gasteiger partial charge in [-0.25, -0.2) is 9.97 Å². The van der Waals surface area contributed by atoms with Crippen molar-refractivity contribution in [1.82, 2.24) is 14.9 Å². The van der Waals surface area contributed by atoms with Crippen LogP contribution in [0.15, 0.2) is 24.4 Å². The zero-order chi connectivity index (χ0) is 22.0. The van der Waals surface area contributed by atoms with Crippen molar-refractivity contribution < 1.29 is 9.53 Å². The number of amides is 1. The third-order valence-corrected chi connectivity index (χ3v) is 6.13. The SMILES string of the molecule is COCCC(=O)N1CCN(c2nc(C3CC3)c(-c3ccnc(Cl)c3)cc2C#N)C[C@H]1C. The number of carbonyl (C=O) groups is 1. The van der Waals surface area contributed by atoms with E-state index < -0.39 is 0 Å². The number of methoxy groups -OCH3 is 1. The van der Waals surface area contributed by atoms with Crippen molar-refractivity contribution in [2.75, 3.05) is 38.3 Å². The highest BCUT2D eigenvalue weighted by atomic mass is 35.5. The minimum absolute atomic E-state index is 0.0366. The smallest absolute Gasteiger partial charge is 0.225 e. The van der Waals surface area contributed by atoms with Crippen LogP contribution in [0, 0.1) is 11.3 Å². The van der Waals surface area contributed by atoms with Gasteiger partial charge in [-0.3, -0.25) is 4.79 Å². The van der Waals surface area contributed by atoms with Gasteiger partial charge >= 0.3 is 0 Å². The van der Waals surface area contributed by atoms with E-state index in [-0.39, 0.29) is 11.9 Å². The van der Waals surface area contributed by atoms with E-state index in [1.54, 1.807) is 13.3 Å². The summed E-state index contributed by atoms with van der Waals surface area (Å²) in [6.07, 6.45) is 4.26. The van der Waals surface area contributed by atoms with Crippen LogP contribution in [-0.4, -0.2) is 60.2 Å². The number of hydrogen-bond acceptors (Lipinski definition) is 6. The Morgan fingerprint density at radius 1 is 1.35 bits per heavy atom. The van der Waals surface area contributed by atoms with Crippen molar-refractivity contribution >= 4 is 23.3 Å². The summed E-state index contributed by atoms with van der Waals surface area (Å²) in [6, 6.07) is 8.02. The standard InChI is InChI=1S/C23H26ClN5O2/c1-15-14-28(8-9-29(15)21(30)6-10-31-2)23-18(13-25)11-19(22(27-23)16-3-4-16)17-5-7-26-20(24)12-17/h5,7,11-12,15-16H,3-4,6,8-10,14H2,1-2H3/t15-/m1/s1. The first-order valence-corrected chi connectivity index (χ1v) is 11.0. The highest BCUT2D eigenvalue weighted by molar-refractivity contribution is 6.29. The van der Waals surface area contributed by atoms with Crippen LogP contribution in [0.25, 0.3) is 11.1 Å². The predicted molar refractivity (Wildman–Crippen MR) is 119 cm³/mol. The summed E-state index contributed by atoms with van der Waals surface area (Å²) in [4.78, 5) is 25.6. The molecule has 0 N–H and O–H groups in total. The minimum Gasteiger partial charge on any atom is -0.384 e. The van der Waals surface area contributed by atoms with Crippen molar-refractivity contribution in [3.05, 3.63) is 40.8 Å². The van der Waals surface area contributed by atoms with E-state index in [1.165, 1.54) is 0 Å². The Hall–Kier alpha value is -2.69. The average molecular weight is 440 g/mol. The second kappa shape index (κ2) is 9.21. The van der Waals surface area contributed by atoms with E-state index in [0.29, 0.717) is 55.1 Å². The lowest BCUT2D eigenvalue weighted by Gasteiger charge is -2.41. The highest BCUT2D eigenvalue weighted by Crippen LogP contribution is 2.45. The molecule has 31 heavy (non-hydrogen) atoms. The number of anilines is 1. The first kappa shape index (κ1) is 21.5. The fraction of sp³-hybridized carbons (Fsp3) is 0.478. The van der Waals surface area contributed by atoms with Crippen LogP contribution in [0.2, 0.25) is 5.15 Å². The van der Waals surface area contributed by atoms with E-state index >= 15 is 0 Å². The molecule has 0 unspecified atom stereocenters. The van der Waals surface area contributed by atoms with Gasteiger partial charge in [0.05, 0.1) is 24.3 Å². The number of halogens is 1. The van der Waals surface area contributed by atoms with E-state index in [1.807, 2.05) is 30.0 Å². The highest BCUT2D eigenvalue weighted by Gasteiger charge is 2.33. The topological polar surface area (TPSA) is 82.3 Å². The van der Waals surface area contributed by atoms with Crippen LogP contribution in [0.1, 0.15) is 43.4 Å². The summed E-state index contributed by atoms with van der Waals surface area (Å²) in [5.41, 5.74) is 3.44. The molecule has 2 aromatic rings. The van der Waals surface area contributed by atoms with Gasteiger partial charge in [-0.05, 0) is 43.5 Å². The number of aromatic nitrogens is 2. The molecule has 8 heteroatoms. The number of rotatable bonds is 6. The Morgan fingerprint density at radius 2 is 2.16 bits per heavy atom. The van der Waals surface area contributed by atoms with Gasteiger partial charge in [0.2, 0.25) is 5.91 Å². The second-order valence-corrected chi connectivity index (χ2v) is 8.56. The number of nitriles is 1. The molecular weight excluding hydrogens is 414 g/mol. The van der Waals surface area contributed by atoms with Crippen LogP contribution < -0.4 is 4.90 Å². The predicted octanol–water partition coefficient (Wildman–Crippen LogP) is 3.62. The normalized spacial score (nSPS) is 18.7. The van der Waals surface area contributed by atoms with Crippen LogP contribution in [0.5, 0.6) is 0 Å². The van der Waals surface area contributed by atoms with Gasteiger partial charge in [-0.1, -0.05) is 11.6 Å². The maximum absolute atomic E-state index is 12.5. The Kier molecular flexibility index (Phi) is 6.40. The van der Waals surface area contributed by atoms with Crippen molar-refractivity contribution in [2.45, 2.75) is 38.1 Å². The molecule has 0 aromatic carbocycles. The molecule has 1 aliphatic heterocycles. The van der Waals surface area contributed by atoms with Gasteiger partial charge in [-0.15, -0.1) is 0 Å². The minimum atomic E-state index is 0.0366. The van der Waals surface area contributed by atoms with Crippen LogP contribution >= 0.6 is 11.6 Å². The van der Waals surface area contributed by atoms with Gasteiger partial charge in [0, 0.05) is 50.5 Å². The zero-order valence-electron chi connectivity index (χ0n) is 17.8. The summed E-state index contributed by atoms with van der Waals surface area (Å²) < 4.78 is 5.04. The van der Waals surface area contributed by atoms with Crippen LogP contribution in [-0.2, 0) is 9.53 Å². The molecule has 1 aliphatic carbocycles. The third kappa shape index (κ3) is 4.65. The number of ether oxygens (including phenoxy) is 1. The maximum atomic E-state index is 12.5. The first-order chi connectivity index (χ1) is 15.0. The van der Waals surface area contributed by atoms with E-state index in [4.69, 9.17) is 21.3 Å². The van der Waals surface area contributed by atoms with Crippen molar-refractivity contribution in [2.24, 2.45) is 0 Å². The summed E-state index contributed by atoms with van der Waals surface area (Å²) in [7, 11) is 1.60. The monoisotopic (exact) mass is 439 g/mol. The summed E-state index contributed by atoms with van der Waals surface area (Å²) >= 11 is 6.11. The molecule has 3 heterocycles. The molecule has 2 fully saturated rings. The molecular formula is C23H26ClN5O2. The lowest BCUT2D eigenvalue weighted by Crippen LogP contribution is -2.54. The van der Waals surface area contributed by atoms with E-state index in [2.05, 4.69) is 16.0 Å². The summed E-state index contributed by atoms with van der Waals surface area (Å²) in [6.45, 7) is 4.37. The average Bonchev–Trinajstić information content (AvgIpc) is 3.62. The summed E-state index contributed by atoms with van der Waals surface area (Å²) in [5.74, 6) is 1.22. The molecule has 1 saturated heterocycles. The molecule has 162 valence electrons. The molecule has 0 radical (unpaired) electrons. The fourth-order valence-corrected chi connectivity index (χ4v) is 4.34. The largest absolute Gasteiger partial charge is 0.384 e. The number of nitrogens with zero attached hydrogens (tertiary/aromatic N) is 5. The number of pyridine rings is 2. The maximum Gasteiger partial charge on any atom is 0.225 e. The van der Waals surface area contributed by atoms with Crippen molar-refractivity contribution in [3.8, 4) is 17.2 Å². The van der Waals surface area contributed by atoms with Crippen molar-refractivity contribution in [1.29, 1.82) is 5.26 Å². The number of piperazine rings is 1. The van der Waals surface area contributed by atoms with Crippen LogP contribution in [0.3, 0.4) is 0 Å². The Morgan fingerprint density at radius 3 is 2.81 bits per heavy atom. The lowest BCUT2D eigenvalue weighted by atomic mass is 10.00. The molecule has 1 amide bonds. The molecule has 1 saturated carbocycles. The molecule has 1 atom stereocenters. The Labute approximate surface area is 187 Å². The zero-order valence-corrected chi connectivity index (χ0v) is 18.6. The third-order valence-electron chi connectivity index (χ3n) is 5.92. The van der Waals surface area contributed by atoms with Gasteiger partial charge < -0.3 is 14.5 Å². The molecule has 0 spiro atoms. The molecule has 4 rings (SSSR count). The van der Waals surface area contributed by atoms with Gasteiger partial charge in [-0.2, -0.15) is 5.26 Å². The first-order valence-electron chi connectivity index (χ1n) is 10.6. The Balaban J connectivity index is 1.63. The van der Waals surface area contributed by atoms with Gasteiger partial charge in [0.15, 0.2) is 0 Å². The Bertz CT molecular complexity index is 1020. The number of hydrogen-bond donors (Lipinski definition) is 0. The van der Waals surface area contributed by atoms with E-state index in [9.17, 15) is 10.1 Å². The number of carbonyl (C=O) groups excluding carboxylic acids is 1. The molecule has 2 aromatic heterocycles. The quantitative estimate of drug-likeness (QED) is 0.639. The summed E-state index contributed by atoms with van der Waals surface area (Å²) in [5, 5.41) is 10.3. The second-order valence-electron chi connectivity index (χ2n) is 8.17. The van der Waals surface area contributed by atoms with Gasteiger partial charge in [0.25, 0.3) is 0 Å².